The van der Waals surface area contributed by atoms with Crippen LogP contribution in [0.15, 0.2) is 60.7 Å². The Morgan fingerprint density at radius 3 is 2.35 bits per heavy atom. The summed E-state index contributed by atoms with van der Waals surface area (Å²) in [6.07, 6.45) is 1.39. The highest BCUT2D eigenvalue weighted by atomic mass is 16.5. The van der Waals surface area contributed by atoms with Gasteiger partial charge in [-0.3, -0.25) is 9.59 Å². The molecule has 0 spiro atoms. The van der Waals surface area contributed by atoms with Crippen molar-refractivity contribution < 1.29 is 19.4 Å². The summed E-state index contributed by atoms with van der Waals surface area (Å²) in [5, 5.41) is 19.7. The van der Waals surface area contributed by atoms with Crippen LogP contribution in [0.25, 0.3) is 0 Å². The van der Waals surface area contributed by atoms with E-state index in [1.807, 2.05) is 13.0 Å². The van der Waals surface area contributed by atoms with E-state index in [9.17, 15) is 20.0 Å². The minimum absolute atomic E-state index is 0.0241. The molecule has 1 N–H and O–H groups in total. The molecule has 0 saturated heterocycles. The summed E-state index contributed by atoms with van der Waals surface area (Å²) in [5.41, 5.74) is 2.96. The van der Waals surface area contributed by atoms with Gasteiger partial charge in [-0.15, -0.1) is 0 Å². The molecule has 3 aromatic rings. The predicted molar refractivity (Wildman–Crippen MR) is 117 cm³/mol. The number of nitrogens with zero attached hydrogens (tertiary/aromatic N) is 1. The zero-order valence-corrected chi connectivity index (χ0v) is 17.5. The second-order valence-corrected chi connectivity index (χ2v) is 7.22. The fourth-order valence-corrected chi connectivity index (χ4v) is 3.38. The van der Waals surface area contributed by atoms with Gasteiger partial charge in [-0.25, -0.2) is 0 Å². The molecule has 0 aliphatic heterocycles. The average Bonchev–Trinajstić information content (AvgIpc) is 2.79. The number of phenols is 1. The van der Waals surface area contributed by atoms with Crippen molar-refractivity contribution in [2.45, 2.75) is 33.3 Å². The van der Waals surface area contributed by atoms with Crippen LogP contribution in [0.5, 0.6) is 11.5 Å². The van der Waals surface area contributed by atoms with Crippen LogP contribution in [0.1, 0.15) is 63.2 Å². The van der Waals surface area contributed by atoms with Gasteiger partial charge in [0.2, 0.25) is 0 Å². The summed E-state index contributed by atoms with van der Waals surface area (Å²) in [6, 6.07) is 19.1. The highest BCUT2D eigenvalue weighted by Gasteiger charge is 2.16. The molecule has 3 aromatic carbocycles. The van der Waals surface area contributed by atoms with Gasteiger partial charge in [0, 0.05) is 16.7 Å². The second-order valence-electron chi connectivity index (χ2n) is 7.22. The molecule has 0 aliphatic carbocycles. The van der Waals surface area contributed by atoms with Crippen molar-refractivity contribution in [3.05, 3.63) is 94.0 Å². The van der Waals surface area contributed by atoms with Gasteiger partial charge in [0.25, 0.3) is 0 Å². The maximum atomic E-state index is 12.7. The standard InChI is InChI=1S/C26H23NO4/c1-3-6-23-24(14-13-21(17(2)28)26(23)30)31-16-18-9-11-19(12-10-18)25(29)22-8-5-4-7-20(22)15-27/h4-5,7-14,30H,3,6,16H2,1-2H3. The van der Waals surface area contributed by atoms with Crippen molar-refractivity contribution in [2.24, 2.45) is 0 Å². The highest BCUT2D eigenvalue weighted by Crippen LogP contribution is 2.33. The van der Waals surface area contributed by atoms with E-state index in [-0.39, 0.29) is 29.5 Å². The topological polar surface area (TPSA) is 87.4 Å². The van der Waals surface area contributed by atoms with E-state index in [0.29, 0.717) is 34.4 Å². The van der Waals surface area contributed by atoms with E-state index >= 15 is 0 Å². The molecule has 0 atom stereocenters. The number of Topliss-reactive ketones (excluding diaryl/α,β-unsaturated/α-hetero) is 1. The van der Waals surface area contributed by atoms with Crippen molar-refractivity contribution in [1.29, 1.82) is 5.26 Å². The van der Waals surface area contributed by atoms with Crippen LogP contribution >= 0.6 is 0 Å². The molecule has 5 nitrogen and oxygen atoms in total. The molecule has 0 saturated carbocycles. The number of hydrogen-bond acceptors (Lipinski definition) is 5. The predicted octanol–water partition coefficient (Wildman–Crippen LogP) is 5.23. The van der Waals surface area contributed by atoms with Crippen LogP contribution in [-0.4, -0.2) is 16.7 Å². The summed E-state index contributed by atoms with van der Waals surface area (Å²) < 4.78 is 5.91. The molecule has 3 rings (SSSR count). The summed E-state index contributed by atoms with van der Waals surface area (Å²) >= 11 is 0. The Bertz CT molecular complexity index is 1160. The Kier molecular flexibility index (Phi) is 6.84. The molecule has 0 aromatic heterocycles. The van der Waals surface area contributed by atoms with E-state index in [4.69, 9.17) is 4.74 Å². The first-order valence-corrected chi connectivity index (χ1v) is 10.1. The zero-order chi connectivity index (χ0) is 22.4. The highest BCUT2D eigenvalue weighted by molar-refractivity contribution is 6.10. The second kappa shape index (κ2) is 9.73. The van der Waals surface area contributed by atoms with Gasteiger partial charge in [0.1, 0.15) is 18.1 Å². The fraction of sp³-hybridized carbons (Fsp3) is 0.192. The number of carbonyl (C=O) groups is 2. The molecule has 0 amide bonds. The molecular formula is C26H23NO4. The first-order chi connectivity index (χ1) is 15.0. The Hall–Kier alpha value is -3.91. The van der Waals surface area contributed by atoms with E-state index in [0.717, 1.165) is 12.0 Å². The number of ether oxygens (including phenoxy) is 1. The summed E-state index contributed by atoms with van der Waals surface area (Å²) in [7, 11) is 0. The van der Waals surface area contributed by atoms with Crippen molar-refractivity contribution in [1.82, 2.24) is 0 Å². The molecule has 0 radical (unpaired) electrons. The van der Waals surface area contributed by atoms with Crippen LogP contribution < -0.4 is 4.74 Å². The van der Waals surface area contributed by atoms with E-state index in [1.54, 1.807) is 60.7 Å². The molecule has 0 unspecified atom stereocenters. The number of carbonyl (C=O) groups excluding carboxylic acids is 2. The third kappa shape index (κ3) is 4.81. The van der Waals surface area contributed by atoms with E-state index in [2.05, 4.69) is 0 Å². The Balaban J connectivity index is 1.77. The SMILES string of the molecule is CCCc1c(OCc2ccc(C(=O)c3ccccc3C#N)cc2)ccc(C(C)=O)c1O. The quantitative estimate of drug-likeness (QED) is 0.511. The van der Waals surface area contributed by atoms with E-state index < -0.39 is 0 Å². The van der Waals surface area contributed by atoms with Crippen LogP contribution in [0, 0.1) is 11.3 Å². The van der Waals surface area contributed by atoms with Crippen molar-refractivity contribution in [3.8, 4) is 17.6 Å². The summed E-state index contributed by atoms with van der Waals surface area (Å²) in [5.74, 6) is 0.107. The number of rotatable bonds is 8. The Labute approximate surface area is 181 Å². The van der Waals surface area contributed by atoms with Crippen LogP contribution in [0.2, 0.25) is 0 Å². The van der Waals surface area contributed by atoms with Gasteiger partial charge < -0.3 is 9.84 Å². The van der Waals surface area contributed by atoms with Crippen LogP contribution in [0.4, 0.5) is 0 Å². The van der Waals surface area contributed by atoms with Gasteiger partial charge in [-0.05, 0) is 43.2 Å². The molecule has 0 aliphatic rings. The Morgan fingerprint density at radius 1 is 1.00 bits per heavy atom. The first-order valence-electron chi connectivity index (χ1n) is 10.1. The normalized spacial score (nSPS) is 10.4. The molecule has 5 heteroatoms. The largest absolute Gasteiger partial charge is 0.507 e. The maximum Gasteiger partial charge on any atom is 0.194 e. The lowest BCUT2D eigenvalue weighted by Crippen LogP contribution is -2.05. The van der Waals surface area contributed by atoms with Crippen LogP contribution in [-0.2, 0) is 13.0 Å². The van der Waals surface area contributed by atoms with Gasteiger partial charge >= 0.3 is 0 Å². The minimum Gasteiger partial charge on any atom is -0.507 e. The number of nitriles is 1. The number of benzene rings is 3. The van der Waals surface area contributed by atoms with Crippen molar-refractivity contribution in [2.75, 3.05) is 0 Å². The average molecular weight is 413 g/mol. The van der Waals surface area contributed by atoms with Gasteiger partial charge in [-0.1, -0.05) is 49.7 Å². The third-order valence-electron chi connectivity index (χ3n) is 5.02. The van der Waals surface area contributed by atoms with Crippen molar-refractivity contribution >= 4 is 11.6 Å². The van der Waals surface area contributed by atoms with Crippen molar-refractivity contribution in [3.63, 3.8) is 0 Å². The monoisotopic (exact) mass is 413 g/mol. The molecule has 156 valence electrons. The number of ketones is 2. The summed E-state index contributed by atoms with van der Waals surface area (Å²) in [4.78, 5) is 24.4. The molecule has 0 fully saturated rings. The first kappa shape index (κ1) is 21.8. The number of aromatic hydroxyl groups is 1. The van der Waals surface area contributed by atoms with Gasteiger partial charge in [0.15, 0.2) is 11.6 Å². The third-order valence-corrected chi connectivity index (χ3v) is 5.02. The molecular weight excluding hydrogens is 390 g/mol. The van der Waals surface area contributed by atoms with Gasteiger partial charge in [0.05, 0.1) is 17.2 Å². The lowest BCUT2D eigenvalue weighted by Gasteiger charge is -2.15. The smallest absolute Gasteiger partial charge is 0.194 e. The lowest BCUT2D eigenvalue weighted by atomic mass is 9.98. The molecule has 0 bridgehead atoms. The van der Waals surface area contributed by atoms with Crippen LogP contribution in [0.3, 0.4) is 0 Å². The fourth-order valence-electron chi connectivity index (χ4n) is 3.38. The Morgan fingerprint density at radius 2 is 1.71 bits per heavy atom. The minimum atomic E-state index is -0.209. The summed E-state index contributed by atoms with van der Waals surface area (Å²) in [6.45, 7) is 3.66. The molecule has 31 heavy (non-hydrogen) atoms. The number of hydrogen-bond donors (Lipinski definition) is 1. The van der Waals surface area contributed by atoms with E-state index in [1.165, 1.54) is 6.92 Å². The number of phenolic OH excluding ortho intramolecular Hbond substituents is 1. The zero-order valence-electron chi connectivity index (χ0n) is 17.5. The lowest BCUT2D eigenvalue weighted by molar-refractivity contribution is 0.101. The van der Waals surface area contributed by atoms with Gasteiger partial charge in [-0.2, -0.15) is 5.26 Å². The molecule has 0 heterocycles. The maximum absolute atomic E-state index is 12.7.